The van der Waals surface area contributed by atoms with Gasteiger partial charge in [0.2, 0.25) is 6.41 Å². The lowest BCUT2D eigenvalue weighted by Gasteiger charge is -2.25. The first-order valence-electron chi connectivity index (χ1n) is 9.82. The first kappa shape index (κ1) is 20.7. The molecular formula is C23H22ClN5O2. The zero-order chi connectivity index (χ0) is 22.0. The number of hydrogen-bond acceptors (Lipinski definition) is 5. The van der Waals surface area contributed by atoms with Gasteiger partial charge >= 0.3 is 6.01 Å². The second-order valence-electron chi connectivity index (χ2n) is 6.98. The summed E-state index contributed by atoms with van der Waals surface area (Å²) >= 11 is 6.12. The summed E-state index contributed by atoms with van der Waals surface area (Å²) in [5, 5.41) is 0.471. The molecule has 31 heavy (non-hydrogen) atoms. The number of nitrogens with zero attached hydrogens (tertiary/aromatic N) is 5. The number of hydrogen-bond donors (Lipinski definition) is 0. The molecule has 4 aromatic rings. The number of aromatic nitrogens is 3. The van der Waals surface area contributed by atoms with Gasteiger partial charge in [-0.05, 0) is 49.4 Å². The van der Waals surface area contributed by atoms with Gasteiger partial charge in [0.1, 0.15) is 5.75 Å². The van der Waals surface area contributed by atoms with Crippen molar-refractivity contribution in [1.82, 2.24) is 14.5 Å². The summed E-state index contributed by atoms with van der Waals surface area (Å²) in [6.07, 6.45) is 2.34. The highest BCUT2D eigenvalue weighted by atomic mass is 35.5. The van der Waals surface area contributed by atoms with Crippen LogP contribution in [0.2, 0.25) is 5.02 Å². The fourth-order valence-electron chi connectivity index (χ4n) is 3.37. The number of fused-ring (bicyclic) bond motifs is 1. The topological polar surface area (TPSA) is 63.5 Å². The van der Waals surface area contributed by atoms with E-state index in [1.54, 1.807) is 17.2 Å². The van der Waals surface area contributed by atoms with Crippen molar-refractivity contribution in [2.24, 2.45) is 7.05 Å². The van der Waals surface area contributed by atoms with Crippen molar-refractivity contribution in [3.8, 4) is 11.8 Å². The lowest BCUT2D eigenvalue weighted by molar-refractivity contribution is -0.107. The number of carbonyl (C=O) groups excluding carboxylic acids is 1. The number of amides is 1. The summed E-state index contributed by atoms with van der Waals surface area (Å²) in [4.78, 5) is 23.9. The number of para-hydroxylation sites is 2. The van der Waals surface area contributed by atoms with E-state index in [0.29, 0.717) is 34.8 Å². The molecular weight excluding hydrogens is 414 g/mol. The van der Waals surface area contributed by atoms with Crippen LogP contribution in [0, 0.1) is 0 Å². The van der Waals surface area contributed by atoms with Crippen LogP contribution < -0.4 is 14.5 Å². The first-order valence-corrected chi connectivity index (χ1v) is 10.2. The van der Waals surface area contributed by atoms with Gasteiger partial charge in [-0.25, -0.2) is 4.98 Å². The van der Waals surface area contributed by atoms with Crippen LogP contribution in [0.4, 0.5) is 17.2 Å². The van der Waals surface area contributed by atoms with E-state index in [1.165, 1.54) is 0 Å². The number of benzene rings is 2. The monoisotopic (exact) mass is 435 g/mol. The number of imidazole rings is 1. The van der Waals surface area contributed by atoms with E-state index in [0.717, 1.165) is 23.1 Å². The normalized spacial score (nSPS) is 10.8. The molecule has 7 nitrogen and oxygen atoms in total. The third-order valence-electron chi connectivity index (χ3n) is 5.09. The average molecular weight is 436 g/mol. The van der Waals surface area contributed by atoms with Crippen LogP contribution in [0.3, 0.4) is 0 Å². The molecule has 0 N–H and O–H groups in total. The van der Waals surface area contributed by atoms with Gasteiger partial charge in [0.05, 0.1) is 21.7 Å². The van der Waals surface area contributed by atoms with Gasteiger partial charge in [-0.3, -0.25) is 9.36 Å². The van der Waals surface area contributed by atoms with E-state index < -0.39 is 0 Å². The maximum absolute atomic E-state index is 11.5. The minimum Gasteiger partial charge on any atom is -0.425 e. The number of ether oxygens (including phenoxy) is 1. The summed E-state index contributed by atoms with van der Waals surface area (Å²) in [7, 11) is 3.81. The summed E-state index contributed by atoms with van der Waals surface area (Å²) in [6, 6.07) is 17.7. The van der Waals surface area contributed by atoms with E-state index in [4.69, 9.17) is 16.3 Å². The second-order valence-corrected chi connectivity index (χ2v) is 7.42. The van der Waals surface area contributed by atoms with Crippen LogP contribution in [0.1, 0.15) is 6.92 Å². The van der Waals surface area contributed by atoms with Crippen LogP contribution in [-0.4, -0.2) is 34.5 Å². The molecule has 0 bridgehead atoms. The number of rotatable bonds is 7. The molecule has 2 heterocycles. The summed E-state index contributed by atoms with van der Waals surface area (Å²) in [5.41, 5.74) is 3.42. The van der Waals surface area contributed by atoms with Crippen LogP contribution in [0.15, 0.2) is 60.8 Å². The molecule has 0 aliphatic rings. The number of anilines is 3. The first-order chi connectivity index (χ1) is 15.0. The fraction of sp³-hybridized carbons (Fsp3) is 0.174. The van der Waals surface area contributed by atoms with Gasteiger partial charge in [0.15, 0.2) is 5.82 Å². The molecule has 2 aromatic carbocycles. The van der Waals surface area contributed by atoms with Gasteiger partial charge in [-0.2, -0.15) is 4.98 Å². The molecule has 0 aliphatic carbocycles. The zero-order valence-corrected chi connectivity index (χ0v) is 18.2. The highest BCUT2D eigenvalue weighted by Gasteiger charge is 2.17. The lowest BCUT2D eigenvalue weighted by Crippen LogP contribution is -2.24. The smallest absolute Gasteiger partial charge is 0.302 e. The molecule has 0 fully saturated rings. The molecule has 4 rings (SSSR count). The summed E-state index contributed by atoms with van der Waals surface area (Å²) in [5.74, 6) is 1.30. The number of aryl methyl sites for hydroxylation is 1. The van der Waals surface area contributed by atoms with Crippen molar-refractivity contribution in [1.29, 1.82) is 0 Å². The SMILES string of the molecule is CCN(C=O)c1cc(Cl)cnc1N(C)c1ccc(Oc2nc3ccccc3n2C)cc1. The quantitative estimate of drug-likeness (QED) is 0.375. The Hall–Kier alpha value is -3.58. The highest BCUT2D eigenvalue weighted by Crippen LogP contribution is 2.34. The Labute approximate surface area is 185 Å². The van der Waals surface area contributed by atoms with E-state index >= 15 is 0 Å². The van der Waals surface area contributed by atoms with E-state index in [9.17, 15) is 4.79 Å². The largest absolute Gasteiger partial charge is 0.425 e. The number of pyridine rings is 1. The highest BCUT2D eigenvalue weighted by molar-refractivity contribution is 6.30. The maximum Gasteiger partial charge on any atom is 0.302 e. The molecule has 1 amide bonds. The fourth-order valence-corrected chi connectivity index (χ4v) is 3.53. The predicted molar refractivity (Wildman–Crippen MR) is 124 cm³/mol. The van der Waals surface area contributed by atoms with Crippen LogP contribution in [-0.2, 0) is 11.8 Å². The van der Waals surface area contributed by atoms with Gasteiger partial charge in [0, 0.05) is 32.5 Å². The van der Waals surface area contributed by atoms with Gasteiger partial charge < -0.3 is 14.5 Å². The number of carbonyl (C=O) groups is 1. The van der Waals surface area contributed by atoms with Crippen molar-refractivity contribution >= 4 is 46.2 Å². The summed E-state index contributed by atoms with van der Waals surface area (Å²) in [6.45, 7) is 2.41. The van der Waals surface area contributed by atoms with Gasteiger partial charge in [-0.15, -0.1) is 0 Å². The molecule has 0 atom stereocenters. The molecule has 2 aromatic heterocycles. The van der Waals surface area contributed by atoms with Crippen LogP contribution in [0.5, 0.6) is 11.8 Å². The maximum atomic E-state index is 11.5. The summed E-state index contributed by atoms with van der Waals surface area (Å²) < 4.78 is 7.91. The van der Waals surface area contributed by atoms with Crippen LogP contribution >= 0.6 is 11.6 Å². The van der Waals surface area contributed by atoms with Gasteiger partial charge in [0.25, 0.3) is 0 Å². The third-order valence-corrected chi connectivity index (χ3v) is 5.29. The molecule has 0 unspecified atom stereocenters. The molecule has 0 saturated carbocycles. The molecule has 0 aliphatic heterocycles. The second kappa shape index (κ2) is 8.65. The Morgan fingerprint density at radius 3 is 2.58 bits per heavy atom. The zero-order valence-electron chi connectivity index (χ0n) is 17.5. The van der Waals surface area contributed by atoms with Crippen molar-refractivity contribution in [3.63, 3.8) is 0 Å². The minimum atomic E-state index is 0.471. The molecule has 0 saturated heterocycles. The average Bonchev–Trinajstić information content (AvgIpc) is 3.10. The van der Waals surface area contributed by atoms with Gasteiger partial charge in [-0.1, -0.05) is 23.7 Å². The van der Waals surface area contributed by atoms with E-state index in [1.807, 2.05) is 79.0 Å². The Balaban J connectivity index is 1.59. The Morgan fingerprint density at radius 1 is 1.16 bits per heavy atom. The van der Waals surface area contributed by atoms with E-state index in [2.05, 4.69) is 9.97 Å². The van der Waals surface area contributed by atoms with Crippen molar-refractivity contribution in [3.05, 3.63) is 65.8 Å². The lowest BCUT2D eigenvalue weighted by atomic mass is 10.2. The van der Waals surface area contributed by atoms with Crippen molar-refractivity contribution in [2.45, 2.75) is 6.92 Å². The third kappa shape index (κ3) is 4.04. The minimum absolute atomic E-state index is 0.471. The molecule has 0 radical (unpaired) electrons. The van der Waals surface area contributed by atoms with Crippen molar-refractivity contribution in [2.75, 3.05) is 23.4 Å². The molecule has 8 heteroatoms. The number of halogens is 1. The Morgan fingerprint density at radius 2 is 1.90 bits per heavy atom. The Bertz CT molecular complexity index is 1220. The standard InChI is InChI=1S/C23H22ClN5O2/c1-4-29(15-30)21-13-16(24)14-25-22(21)27(2)17-9-11-18(12-10-17)31-23-26-19-7-5-6-8-20(19)28(23)3/h5-15H,4H2,1-3H3. The van der Waals surface area contributed by atoms with Crippen LogP contribution in [0.25, 0.3) is 11.0 Å². The molecule has 158 valence electrons. The molecule has 0 spiro atoms. The predicted octanol–water partition coefficient (Wildman–Crippen LogP) is 5.16. The van der Waals surface area contributed by atoms with E-state index in [-0.39, 0.29) is 0 Å². The Kier molecular flexibility index (Phi) is 5.77. The van der Waals surface area contributed by atoms with Crippen molar-refractivity contribution < 1.29 is 9.53 Å².